The molecule has 0 bridgehead atoms. The molecule has 0 radical (unpaired) electrons. The summed E-state index contributed by atoms with van der Waals surface area (Å²) in [5.41, 5.74) is 3.06. The first kappa shape index (κ1) is 20.4. The summed E-state index contributed by atoms with van der Waals surface area (Å²) >= 11 is 0. The van der Waals surface area contributed by atoms with Crippen molar-refractivity contribution in [2.24, 2.45) is 5.92 Å². The quantitative estimate of drug-likeness (QED) is 0.571. The van der Waals surface area contributed by atoms with Crippen LogP contribution < -0.4 is 9.80 Å². The highest BCUT2D eigenvalue weighted by atomic mass is 16.5. The average molecular weight is 444 g/mol. The molecule has 2 amide bonds. The van der Waals surface area contributed by atoms with Crippen LogP contribution in [0.5, 0.6) is 0 Å². The summed E-state index contributed by atoms with van der Waals surface area (Å²) in [7, 11) is 2.09. The number of fused-ring (bicyclic) bond motifs is 2. The summed E-state index contributed by atoms with van der Waals surface area (Å²) in [6.07, 6.45) is 3.26. The van der Waals surface area contributed by atoms with E-state index in [1.54, 1.807) is 0 Å². The summed E-state index contributed by atoms with van der Waals surface area (Å²) in [5.74, 6) is 2.09. The van der Waals surface area contributed by atoms with Gasteiger partial charge in [0, 0.05) is 44.1 Å². The number of aromatic nitrogens is 2. The lowest BCUT2D eigenvalue weighted by atomic mass is 10.1. The van der Waals surface area contributed by atoms with E-state index in [2.05, 4.69) is 24.1 Å². The van der Waals surface area contributed by atoms with E-state index in [9.17, 15) is 4.79 Å². The largest absolute Gasteiger partial charge is 0.381 e. The van der Waals surface area contributed by atoms with E-state index >= 15 is 0 Å². The van der Waals surface area contributed by atoms with Crippen LogP contribution >= 0.6 is 0 Å². The number of hydrogen-bond acceptors (Lipinski definition) is 5. The van der Waals surface area contributed by atoms with Gasteiger partial charge in [0.15, 0.2) is 5.82 Å². The van der Waals surface area contributed by atoms with Gasteiger partial charge in [-0.2, -0.15) is 0 Å². The summed E-state index contributed by atoms with van der Waals surface area (Å²) in [5, 5.41) is 1.03. The molecule has 3 aliphatic rings. The number of nitrogens with zero attached hydrogens (tertiary/aromatic N) is 5. The number of carbonyl (C=O) groups excluding carboxylic acids is 1. The van der Waals surface area contributed by atoms with Crippen LogP contribution in [-0.4, -0.2) is 53.7 Å². The Morgan fingerprint density at radius 2 is 1.88 bits per heavy atom. The van der Waals surface area contributed by atoms with E-state index in [0.717, 1.165) is 61.4 Å². The van der Waals surface area contributed by atoms with Crippen LogP contribution in [0.3, 0.4) is 0 Å². The zero-order chi connectivity index (χ0) is 22.4. The molecular weight excluding hydrogens is 414 g/mol. The lowest BCUT2D eigenvalue weighted by molar-refractivity contribution is 0.186. The van der Waals surface area contributed by atoms with Gasteiger partial charge in [0.05, 0.1) is 24.4 Å². The summed E-state index contributed by atoms with van der Waals surface area (Å²) in [6.45, 7) is 3.57. The second-order valence-corrected chi connectivity index (χ2v) is 9.45. The Bertz CT molecular complexity index is 1190. The molecule has 1 aromatic heterocycles. The predicted octanol–water partition coefficient (Wildman–Crippen LogP) is 4.21. The molecule has 7 heteroatoms. The Labute approximate surface area is 194 Å². The van der Waals surface area contributed by atoms with Crippen LogP contribution in [0.2, 0.25) is 0 Å². The molecule has 3 heterocycles. The van der Waals surface area contributed by atoms with Gasteiger partial charge in [-0.05, 0) is 43.0 Å². The minimum atomic E-state index is 0.0611. The van der Waals surface area contributed by atoms with Gasteiger partial charge in [-0.15, -0.1) is 0 Å². The predicted molar refractivity (Wildman–Crippen MR) is 128 cm³/mol. The molecule has 3 aromatic rings. The van der Waals surface area contributed by atoms with Crippen molar-refractivity contribution in [3.63, 3.8) is 0 Å². The smallest absolute Gasteiger partial charge is 0.325 e. The fourth-order valence-corrected chi connectivity index (χ4v) is 5.05. The van der Waals surface area contributed by atoms with E-state index < -0.39 is 0 Å². The first-order chi connectivity index (χ1) is 16.2. The molecule has 33 heavy (non-hydrogen) atoms. The van der Waals surface area contributed by atoms with Gasteiger partial charge in [0.2, 0.25) is 0 Å². The van der Waals surface area contributed by atoms with Crippen molar-refractivity contribution < 1.29 is 9.53 Å². The minimum Gasteiger partial charge on any atom is -0.381 e. The van der Waals surface area contributed by atoms with Crippen LogP contribution in [0, 0.1) is 5.92 Å². The Morgan fingerprint density at radius 3 is 2.70 bits per heavy atom. The summed E-state index contributed by atoms with van der Waals surface area (Å²) in [4.78, 5) is 29.4. The van der Waals surface area contributed by atoms with Crippen LogP contribution in [0.1, 0.15) is 30.7 Å². The van der Waals surface area contributed by atoms with Crippen molar-refractivity contribution in [2.75, 3.05) is 36.6 Å². The molecule has 0 N–H and O–H groups in total. The van der Waals surface area contributed by atoms with Crippen LogP contribution in [-0.2, 0) is 17.8 Å². The van der Waals surface area contributed by atoms with Crippen molar-refractivity contribution in [3.8, 4) is 0 Å². The minimum absolute atomic E-state index is 0.0611. The Balaban J connectivity index is 1.36. The number of carbonyl (C=O) groups is 1. The fourth-order valence-electron chi connectivity index (χ4n) is 5.05. The topological polar surface area (TPSA) is 61.8 Å². The van der Waals surface area contributed by atoms with E-state index in [1.807, 2.05) is 46.2 Å². The highest BCUT2D eigenvalue weighted by Gasteiger charge is 2.39. The van der Waals surface area contributed by atoms with Gasteiger partial charge < -0.3 is 14.5 Å². The normalized spacial score (nSPS) is 20.4. The number of benzene rings is 2. The molecule has 1 aliphatic carbocycles. The molecule has 6 rings (SSSR count). The van der Waals surface area contributed by atoms with Crippen molar-refractivity contribution >= 4 is 28.4 Å². The average Bonchev–Trinajstić information content (AvgIpc) is 3.56. The second kappa shape index (κ2) is 8.30. The van der Waals surface area contributed by atoms with E-state index in [4.69, 9.17) is 14.7 Å². The first-order valence-electron chi connectivity index (χ1n) is 11.9. The zero-order valence-corrected chi connectivity index (χ0v) is 19.0. The summed E-state index contributed by atoms with van der Waals surface area (Å²) < 4.78 is 5.58. The zero-order valence-electron chi connectivity index (χ0n) is 19.0. The SMILES string of the molecule is CN(CC1CCOC1)c1nc(CN2C(=O)N(C3CC3)Cc3ccccc32)nc2ccccc12. The lowest BCUT2D eigenvalue weighted by Gasteiger charge is -2.37. The summed E-state index contributed by atoms with van der Waals surface area (Å²) in [6, 6.07) is 16.8. The second-order valence-electron chi connectivity index (χ2n) is 9.45. The van der Waals surface area contributed by atoms with E-state index in [0.29, 0.717) is 30.9 Å². The number of anilines is 2. The Hall–Kier alpha value is -3.19. The van der Waals surface area contributed by atoms with Gasteiger partial charge in [-0.25, -0.2) is 14.8 Å². The lowest BCUT2D eigenvalue weighted by Crippen LogP contribution is -2.48. The first-order valence-corrected chi connectivity index (χ1v) is 11.9. The van der Waals surface area contributed by atoms with Gasteiger partial charge >= 0.3 is 6.03 Å². The van der Waals surface area contributed by atoms with Crippen LogP contribution in [0.25, 0.3) is 10.9 Å². The van der Waals surface area contributed by atoms with E-state index in [1.165, 1.54) is 5.56 Å². The molecule has 1 saturated carbocycles. The monoisotopic (exact) mass is 443 g/mol. The third-order valence-electron chi connectivity index (χ3n) is 6.93. The number of ether oxygens (including phenoxy) is 1. The molecule has 2 aromatic carbocycles. The maximum atomic E-state index is 13.5. The molecule has 170 valence electrons. The van der Waals surface area contributed by atoms with Gasteiger partial charge in [0.1, 0.15) is 5.82 Å². The number of urea groups is 1. The fraction of sp³-hybridized carbons (Fsp3) is 0.423. The molecule has 0 spiro atoms. The maximum Gasteiger partial charge on any atom is 0.325 e. The third-order valence-corrected chi connectivity index (χ3v) is 6.93. The molecule has 1 atom stereocenters. The van der Waals surface area contributed by atoms with Crippen molar-refractivity contribution in [1.82, 2.24) is 14.9 Å². The van der Waals surface area contributed by atoms with Gasteiger partial charge in [-0.3, -0.25) is 4.90 Å². The molecule has 2 fully saturated rings. The van der Waals surface area contributed by atoms with Crippen molar-refractivity contribution in [1.29, 1.82) is 0 Å². The number of amides is 2. The highest BCUT2D eigenvalue weighted by molar-refractivity contribution is 5.95. The van der Waals surface area contributed by atoms with Crippen LogP contribution in [0.4, 0.5) is 16.3 Å². The molecule has 1 saturated heterocycles. The number of rotatable bonds is 6. The Morgan fingerprint density at radius 1 is 1.06 bits per heavy atom. The highest BCUT2D eigenvalue weighted by Crippen LogP contribution is 2.37. The van der Waals surface area contributed by atoms with Crippen molar-refractivity contribution in [3.05, 3.63) is 59.9 Å². The van der Waals surface area contributed by atoms with Crippen molar-refractivity contribution in [2.45, 2.75) is 38.4 Å². The molecular formula is C26H29N5O2. The third kappa shape index (κ3) is 3.91. The van der Waals surface area contributed by atoms with Crippen LogP contribution in [0.15, 0.2) is 48.5 Å². The maximum absolute atomic E-state index is 13.5. The number of para-hydroxylation sites is 2. The standard InChI is InChI=1S/C26H29N5O2/c1-29(14-18-12-13-33-17-18)25-21-7-3-4-8-22(21)27-24(28-25)16-31-23-9-5-2-6-19(23)15-30(26(31)32)20-10-11-20/h2-9,18,20H,10-17H2,1H3. The molecule has 1 unspecified atom stereocenters. The van der Waals surface area contributed by atoms with E-state index in [-0.39, 0.29) is 6.03 Å². The molecule has 7 nitrogen and oxygen atoms in total. The Kier molecular flexibility index (Phi) is 5.14. The number of hydrogen-bond donors (Lipinski definition) is 0. The molecule has 2 aliphatic heterocycles. The van der Waals surface area contributed by atoms with Gasteiger partial charge in [-0.1, -0.05) is 30.3 Å². The van der Waals surface area contributed by atoms with Gasteiger partial charge in [0.25, 0.3) is 0 Å².